The van der Waals surface area contributed by atoms with E-state index in [2.05, 4.69) is 5.32 Å². The Bertz CT molecular complexity index is 227. The van der Waals surface area contributed by atoms with Crippen LogP contribution >= 0.6 is 0 Å². The second-order valence-corrected chi connectivity index (χ2v) is 4.40. The standard InChI is InChI=1S/C12H23NO4/c1-2-16-7-3-4-11(15)13-12(10-14)5-8-17-9-6-12/h14H,2-10H2,1H3,(H,13,15). The molecule has 1 rings (SSSR count). The van der Waals surface area contributed by atoms with Gasteiger partial charge in [0.25, 0.3) is 0 Å². The van der Waals surface area contributed by atoms with E-state index in [1.165, 1.54) is 0 Å². The molecular formula is C12H23NO4. The number of hydrogen-bond acceptors (Lipinski definition) is 4. The average molecular weight is 245 g/mol. The van der Waals surface area contributed by atoms with E-state index >= 15 is 0 Å². The van der Waals surface area contributed by atoms with Crippen LogP contribution in [-0.2, 0) is 14.3 Å². The van der Waals surface area contributed by atoms with Crippen LogP contribution in [0, 0.1) is 0 Å². The maximum Gasteiger partial charge on any atom is 0.220 e. The SMILES string of the molecule is CCOCCCC(=O)NC1(CO)CCOCC1. The molecule has 1 fully saturated rings. The van der Waals surface area contributed by atoms with E-state index in [9.17, 15) is 9.90 Å². The quantitative estimate of drug-likeness (QED) is 0.639. The fourth-order valence-electron chi connectivity index (χ4n) is 1.92. The lowest BCUT2D eigenvalue weighted by Gasteiger charge is -2.36. The van der Waals surface area contributed by atoms with Crippen LogP contribution in [0.1, 0.15) is 32.6 Å². The minimum Gasteiger partial charge on any atom is -0.394 e. The maximum atomic E-state index is 11.7. The second-order valence-electron chi connectivity index (χ2n) is 4.40. The van der Waals surface area contributed by atoms with Gasteiger partial charge in [-0.25, -0.2) is 0 Å². The van der Waals surface area contributed by atoms with Gasteiger partial charge >= 0.3 is 0 Å². The normalized spacial score (nSPS) is 18.9. The van der Waals surface area contributed by atoms with E-state index in [4.69, 9.17) is 9.47 Å². The number of hydrogen-bond donors (Lipinski definition) is 2. The molecule has 0 saturated carbocycles. The van der Waals surface area contributed by atoms with Crippen LogP contribution in [0.15, 0.2) is 0 Å². The van der Waals surface area contributed by atoms with E-state index in [0.29, 0.717) is 45.7 Å². The molecule has 2 N–H and O–H groups in total. The maximum absolute atomic E-state index is 11.7. The molecule has 0 aliphatic carbocycles. The molecule has 100 valence electrons. The highest BCUT2D eigenvalue weighted by molar-refractivity contribution is 5.76. The van der Waals surface area contributed by atoms with Gasteiger partial charge in [-0.05, 0) is 26.2 Å². The average Bonchev–Trinajstić information content (AvgIpc) is 2.36. The van der Waals surface area contributed by atoms with Crippen LogP contribution in [0.2, 0.25) is 0 Å². The van der Waals surface area contributed by atoms with Gasteiger partial charge in [0.05, 0.1) is 12.1 Å². The van der Waals surface area contributed by atoms with Gasteiger partial charge in [-0.15, -0.1) is 0 Å². The Balaban J connectivity index is 2.27. The number of ether oxygens (including phenoxy) is 2. The molecule has 0 radical (unpaired) electrons. The lowest BCUT2D eigenvalue weighted by molar-refractivity contribution is -0.125. The molecule has 0 aromatic heterocycles. The zero-order valence-corrected chi connectivity index (χ0v) is 10.5. The summed E-state index contributed by atoms with van der Waals surface area (Å²) in [4.78, 5) is 11.7. The van der Waals surface area contributed by atoms with Crippen LogP contribution < -0.4 is 5.32 Å². The van der Waals surface area contributed by atoms with Crippen molar-refractivity contribution in [2.45, 2.75) is 38.1 Å². The van der Waals surface area contributed by atoms with Crippen molar-refractivity contribution in [3.63, 3.8) is 0 Å². The minimum atomic E-state index is -0.471. The molecule has 5 nitrogen and oxygen atoms in total. The Morgan fingerprint density at radius 3 is 2.76 bits per heavy atom. The number of carbonyl (C=O) groups is 1. The predicted molar refractivity (Wildman–Crippen MR) is 63.7 cm³/mol. The first-order valence-corrected chi connectivity index (χ1v) is 6.30. The van der Waals surface area contributed by atoms with Gasteiger partial charge in [0.1, 0.15) is 0 Å². The number of nitrogens with one attached hydrogen (secondary N) is 1. The molecule has 1 aliphatic heterocycles. The number of amides is 1. The molecular weight excluding hydrogens is 222 g/mol. The van der Waals surface area contributed by atoms with Crippen molar-refractivity contribution in [1.29, 1.82) is 0 Å². The van der Waals surface area contributed by atoms with E-state index in [1.807, 2.05) is 6.92 Å². The van der Waals surface area contributed by atoms with E-state index in [-0.39, 0.29) is 12.5 Å². The van der Waals surface area contributed by atoms with Crippen molar-refractivity contribution in [2.75, 3.05) is 33.0 Å². The number of rotatable bonds is 7. The van der Waals surface area contributed by atoms with Crippen LogP contribution in [-0.4, -0.2) is 49.6 Å². The zero-order valence-electron chi connectivity index (χ0n) is 10.5. The Labute approximate surface area is 102 Å². The third-order valence-corrected chi connectivity index (χ3v) is 3.05. The van der Waals surface area contributed by atoms with E-state index in [0.717, 1.165) is 6.42 Å². The Kier molecular flexibility index (Phi) is 6.47. The number of carbonyl (C=O) groups excluding carboxylic acids is 1. The van der Waals surface area contributed by atoms with Crippen LogP contribution in [0.5, 0.6) is 0 Å². The summed E-state index contributed by atoms with van der Waals surface area (Å²) < 4.78 is 10.4. The molecule has 17 heavy (non-hydrogen) atoms. The Morgan fingerprint density at radius 1 is 1.47 bits per heavy atom. The molecule has 0 aromatic rings. The van der Waals surface area contributed by atoms with Gasteiger partial charge < -0.3 is 19.9 Å². The predicted octanol–water partition coefficient (Wildman–Crippen LogP) is 0.461. The number of aliphatic hydroxyl groups excluding tert-OH is 1. The van der Waals surface area contributed by atoms with Crippen molar-refractivity contribution >= 4 is 5.91 Å². The van der Waals surface area contributed by atoms with Crippen molar-refractivity contribution in [1.82, 2.24) is 5.32 Å². The molecule has 1 saturated heterocycles. The fourth-order valence-corrected chi connectivity index (χ4v) is 1.92. The van der Waals surface area contributed by atoms with E-state index < -0.39 is 5.54 Å². The minimum absolute atomic E-state index is 0.0133. The number of aliphatic hydroxyl groups is 1. The first-order valence-electron chi connectivity index (χ1n) is 6.30. The topological polar surface area (TPSA) is 67.8 Å². The summed E-state index contributed by atoms with van der Waals surface area (Å²) in [6.45, 7) is 4.40. The Morgan fingerprint density at radius 2 is 2.18 bits per heavy atom. The summed E-state index contributed by atoms with van der Waals surface area (Å²) in [7, 11) is 0. The summed E-state index contributed by atoms with van der Waals surface area (Å²) in [6, 6.07) is 0. The highest BCUT2D eigenvalue weighted by Crippen LogP contribution is 2.20. The molecule has 0 spiro atoms. The van der Waals surface area contributed by atoms with Crippen molar-refractivity contribution < 1.29 is 19.4 Å². The molecule has 5 heteroatoms. The largest absolute Gasteiger partial charge is 0.394 e. The lowest BCUT2D eigenvalue weighted by Crippen LogP contribution is -2.54. The van der Waals surface area contributed by atoms with Crippen molar-refractivity contribution in [2.24, 2.45) is 0 Å². The molecule has 0 unspecified atom stereocenters. The van der Waals surface area contributed by atoms with Gasteiger partial charge in [0.2, 0.25) is 5.91 Å². The highest BCUT2D eigenvalue weighted by Gasteiger charge is 2.33. The lowest BCUT2D eigenvalue weighted by atomic mass is 9.91. The summed E-state index contributed by atoms with van der Waals surface area (Å²) in [6.07, 6.45) is 2.53. The molecule has 1 heterocycles. The van der Waals surface area contributed by atoms with Crippen LogP contribution in [0.25, 0.3) is 0 Å². The molecule has 0 aromatic carbocycles. The van der Waals surface area contributed by atoms with Crippen LogP contribution in [0.4, 0.5) is 0 Å². The Hall–Kier alpha value is -0.650. The highest BCUT2D eigenvalue weighted by atomic mass is 16.5. The third-order valence-electron chi connectivity index (χ3n) is 3.05. The molecule has 1 aliphatic rings. The molecule has 0 bridgehead atoms. The first kappa shape index (κ1) is 14.4. The summed E-state index contributed by atoms with van der Waals surface area (Å²) in [5, 5.41) is 12.3. The summed E-state index contributed by atoms with van der Waals surface area (Å²) in [5.41, 5.74) is -0.471. The summed E-state index contributed by atoms with van der Waals surface area (Å²) >= 11 is 0. The van der Waals surface area contributed by atoms with Crippen molar-refractivity contribution in [3.8, 4) is 0 Å². The third kappa shape index (κ3) is 5.02. The van der Waals surface area contributed by atoms with Gasteiger partial charge in [-0.2, -0.15) is 0 Å². The van der Waals surface area contributed by atoms with E-state index in [1.54, 1.807) is 0 Å². The smallest absolute Gasteiger partial charge is 0.220 e. The zero-order chi connectivity index (χ0) is 12.6. The molecule has 1 amide bonds. The monoisotopic (exact) mass is 245 g/mol. The van der Waals surface area contributed by atoms with Crippen LogP contribution in [0.3, 0.4) is 0 Å². The summed E-state index contributed by atoms with van der Waals surface area (Å²) in [5.74, 6) is -0.0133. The molecule has 0 atom stereocenters. The van der Waals surface area contributed by atoms with Gasteiger partial charge in [0, 0.05) is 32.8 Å². The van der Waals surface area contributed by atoms with Gasteiger partial charge in [0.15, 0.2) is 0 Å². The van der Waals surface area contributed by atoms with Crippen molar-refractivity contribution in [3.05, 3.63) is 0 Å². The van der Waals surface area contributed by atoms with Gasteiger partial charge in [-0.1, -0.05) is 0 Å². The fraction of sp³-hybridized carbons (Fsp3) is 0.917. The second kappa shape index (κ2) is 7.63. The van der Waals surface area contributed by atoms with Gasteiger partial charge in [-0.3, -0.25) is 4.79 Å². The first-order chi connectivity index (χ1) is 8.22.